The molecule has 1 heterocycles. The maximum Gasteiger partial charge on any atom is 0.383 e. The lowest BCUT2D eigenvalue weighted by atomic mass is 10.0. The third-order valence-corrected chi connectivity index (χ3v) is 3.75. The summed E-state index contributed by atoms with van der Waals surface area (Å²) in [6.45, 7) is 0. The lowest BCUT2D eigenvalue weighted by molar-refractivity contribution is -0.169. The Morgan fingerprint density at radius 1 is 1.10 bits per heavy atom. The van der Waals surface area contributed by atoms with Gasteiger partial charge in [0.1, 0.15) is 0 Å². The van der Waals surface area contributed by atoms with E-state index in [2.05, 4.69) is 0 Å². The summed E-state index contributed by atoms with van der Waals surface area (Å²) in [5.74, 6) is -6.70. The minimum atomic E-state index is -4.72. The van der Waals surface area contributed by atoms with Crippen LogP contribution in [-0.2, 0) is 4.79 Å². The van der Waals surface area contributed by atoms with Crippen LogP contribution in [0.25, 0.3) is 0 Å². The highest BCUT2D eigenvalue weighted by Gasteiger charge is 2.49. The van der Waals surface area contributed by atoms with Crippen LogP contribution in [0.1, 0.15) is 16.5 Å². The van der Waals surface area contributed by atoms with Crippen LogP contribution in [0.15, 0.2) is 47.8 Å². The number of hydrogen-bond acceptors (Lipinski definition) is 2. The Morgan fingerprint density at radius 2 is 1.76 bits per heavy atom. The largest absolute Gasteiger partial charge is 0.383 e. The Hall–Kier alpha value is -1.89. The fourth-order valence-electron chi connectivity index (χ4n) is 1.75. The minimum Gasteiger partial charge on any atom is -0.339 e. The Kier molecular flexibility index (Phi) is 4.62. The average Bonchev–Trinajstić information content (AvgIpc) is 2.99. The molecule has 112 valence electrons. The number of hydrogen-bond donors (Lipinski definition) is 1. The van der Waals surface area contributed by atoms with Gasteiger partial charge in [0.25, 0.3) is 5.91 Å². The molecule has 1 aromatic carbocycles. The molecule has 0 aliphatic heterocycles. The van der Waals surface area contributed by atoms with Crippen LogP contribution in [0.3, 0.4) is 0 Å². The second kappa shape index (κ2) is 6.26. The summed E-state index contributed by atoms with van der Waals surface area (Å²) in [5, 5.41) is 3.71. The first kappa shape index (κ1) is 15.5. The zero-order chi connectivity index (χ0) is 15.5. The van der Waals surface area contributed by atoms with E-state index in [0.717, 1.165) is 0 Å². The molecular formula is C14H11F4NOS. The molecule has 0 aliphatic carbocycles. The number of thiophene rings is 1. The van der Waals surface area contributed by atoms with Gasteiger partial charge >= 0.3 is 12.3 Å². The smallest absolute Gasteiger partial charge is 0.339 e. The highest BCUT2D eigenvalue weighted by Crippen LogP contribution is 2.29. The Balaban J connectivity index is 2.28. The maximum absolute atomic E-state index is 13.1. The number of benzene rings is 1. The minimum absolute atomic E-state index is 0.540. The maximum atomic E-state index is 13.1. The summed E-state index contributed by atoms with van der Waals surface area (Å²) < 4.78 is 50.7. The summed E-state index contributed by atoms with van der Waals surface area (Å²) in [6.07, 6.45) is -4.04. The molecule has 0 saturated heterocycles. The van der Waals surface area contributed by atoms with Crippen molar-refractivity contribution in [3.8, 4) is 0 Å². The number of alkyl halides is 4. The van der Waals surface area contributed by atoms with Crippen LogP contribution in [-0.4, -0.2) is 18.3 Å². The first-order valence-electron chi connectivity index (χ1n) is 5.98. The van der Waals surface area contributed by atoms with E-state index in [1.54, 1.807) is 47.8 Å². The predicted octanol–water partition coefficient (Wildman–Crippen LogP) is 3.85. The van der Waals surface area contributed by atoms with Gasteiger partial charge in [-0.1, -0.05) is 36.4 Å². The fourth-order valence-corrected chi connectivity index (χ4v) is 2.55. The Morgan fingerprint density at radius 3 is 2.29 bits per heavy atom. The number of halogens is 4. The number of carbonyl (C=O) groups excluding carboxylic acids is 1. The van der Waals surface area contributed by atoms with Gasteiger partial charge in [-0.05, 0) is 17.0 Å². The van der Waals surface area contributed by atoms with Gasteiger partial charge in [-0.3, -0.25) is 4.79 Å². The van der Waals surface area contributed by atoms with Gasteiger partial charge in [0.05, 0.1) is 6.04 Å². The zero-order valence-corrected chi connectivity index (χ0v) is 11.4. The standard InChI is InChI=1S/C14H11F4NOS/c15-12(16)14(17,18)13(20)19-11(10-7-4-8-21-10)9-5-2-1-3-6-9/h1-8,11-12H,(H,19,20). The molecule has 1 unspecified atom stereocenters. The van der Waals surface area contributed by atoms with Gasteiger partial charge in [0.2, 0.25) is 0 Å². The van der Waals surface area contributed by atoms with Crippen molar-refractivity contribution in [2.45, 2.75) is 18.4 Å². The SMILES string of the molecule is O=C(NC(c1ccccc1)c1cccs1)C(F)(F)C(F)F. The zero-order valence-electron chi connectivity index (χ0n) is 10.6. The summed E-state index contributed by atoms with van der Waals surface area (Å²) in [5.41, 5.74) is 0.540. The Labute approximate surface area is 122 Å². The molecule has 1 N–H and O–H groups in total. The molecule has 1 amide bonds. The molecule has 0 bridgehead atoms. The van der Waals surface area contributed by atoms with Gasteiger partial charge in [-0.15, -0.1) is 11.3 Å². The highest BCUT2D eigenvalue weighted by atomic mass is 32.1. The van der Waals surface area contributed by atoms with E-state index in [1.807, 2.05) is 5.32 Å². The van der Waals surface area contributed by atoms with Crippen molar-refractivity contribution in [3.63, 3.8) is 0 Å². The second-order valence-corrected chi connectivity index (χ2v) is 5.24. The van der Waals surface area contributed by atoms with Crippen LogP contribution >= 0.6 is 11.3 Å². The van der Waals surface area contributed by atoms with E-state index < -0.39 is 24.3 Å². The van der Waals surface area contributed by atoms with Crippen molar-refractivity contribution in [2.24, 2.45) is 0 Å². The summed E-state index contributed by atoms with van der Waals surface area (Å²) in [7, 11) is 0. The van der Waals surface area contributed by atoms with Gasteiger partial charge in [0, 0.05) is 4.88 Å². The monoisotopic (exact) mass is 317 g/mol. The molecular weight excluding hydrogens is 306 g/mol. The molecule has 1 atom stereocenters. The quantitative estimate of drug-likeness (QED) is 0.834. The lowest BCUT2D eigenvalue weighted by Crippen LogP contribution is -2.46. The predicted molar refractivity (Wildman–Crippen MR) is 71.7 cm³/mol. The van der Waals surface area contributed by atoms with Gasteiger partial charge in [0.15, 0.2) is 0 Å². The molecule has 0 radical (unpaired) electrons. The van der Waals surface area contributed by atoms with Crippen molar-refractivity contribution >= 4 is 17.2 Å². The van der Waals surface area contributed by atoms with Crippen LogP contribution in [0.2, 0.25) is 0 Å². The average molecular weight is 317 g/mol. The summed E-state index contributed by atoms with van der Waals surface area (Å²) in [4.78, 5) is 12.0. The van der Waals surface area contributed by atoms with Crippen LogP contribution in [0.4, 0.5) is 17.6 Å². The lowest BCUT2D eigenvalue weighted by Gasteiger charge is -2.21. The Bertz CT molecular complexity index is 586. The third kappa shape index (κ3) is 3.41. The first-order chi connectivity index (χ1) is 9.93. The van der Waals surface area contributed by atoms with Crippen molar-refractivity contribution in [2.75, 3.05) is 0 Å². The topological polar surface area (TPSA) is 29.1 Å². The molecule has 0 spiro atoms. The van der Waals surface area contributed by atoms with Gasteiger partial charge in [-0.2, -0.15) is 8.78 Å². The van der Waals surface area contributed by atoms with Crippen LogP contribution < -0.4 is 5.32 Å². The van der Waals surface area contributed by atoms with Crippen LogP contribution in [0.5, 0.6) is 0 Å². The normalized spacial score (nSPS) is 13.2. The third-order valence-electron chi connectivity index (χ3n) is 2.81. The molecule has 21 heavy (non-hydrogen) atoms. The number of carbonyl (C=O) groups is 1. The van der Waals surface area contributed by atoms with Gasteiger partial charge < -0.3 is 5.32 Å². The molecule has 1 aromatic heterocycles. The molecule has 2 rings (SSSR count). The van der Waals surface area contributed by atoms with E-state index in [1.165, 1.54) is 11.3 Å². The number of rotatable bonds is 5. The molecule has 0 aliphatic rings. The van der Waals surface area contributed by atoms with Crippen LogP contribution in [0, 0.1) is 0 Å². The van der Waals surface area contributed by atoms with E-state index in [0.29, 0.717) is 10.4 Å². The molecule has 0 fully saturated rings. The first-order valence-corrected chi connectivity index (χ1v) is 6.86. The second-order valence-electron chi connectivity index (χ2n) is 4.26. The number of nitrogens with one attached hydrogen (secondary N) is 1. The summed E-state index contributed by atoms with van der Waals surface area (Å²) in [6, 6.07) is 10.8. The number of amides is 1. The van der Waals surface area contributed by atoms with E-state index >= 15 is 0 Å². The van der Waals surface area contributed by atoms with Crippen molar-refractivity contribution in [3.05, 3.63) is 58.3 Å². The van der Waals surface area contributed by atoms with E-state index in [-0.39, 0.29) is 0 Å². The molecule has 7 heteroatoms. The molecule has 0 saturated carbocycles. The fraction of sp³-hybridized carbons (Fsp3) is 0.214. The highest BCUT2D eigenvalue weighted by molar-refractivity contribution is 7.10. The van der Waals surface area contributed by atoms with Gasteiger partial charge in [-0.25, -0.2) is 8.78 Å². The van der Waals surface area contributed by atoms with Crippen molar-refractivity contribution < 1.29 is 22.4 Å². The van der Waals surface area contributed by atoms with Crippen molar-refractivity contribution in [1.82, 2.24) is 5.32 Å². The van der Waals surface area contributed by atoms with E-state index in [9.17, 15) is 22.4 Å². The summed E-state index contributed by atoms with van der Waals surface area (Å²) >= 11 is 1.24. The van der Waals surface area contributed by atoms with Crippen molar-refractivity contribution in [1.29, 1.82) is 0 Å². The van der Waals surface area contributed by atoms with E-state index in [4.69, 9.17) is 0 Å². The molecule has 2 aromatic rings. The molecule has 2 nitrogen and oxygen atoms in total.